The number of hydrogen-bond acceptors (Lipinski definition) is 4. The molecule has 0 aliphatic rings. The van der Waals surface area contributed by atoms with Crippen LogP contribution in [0.3, 0.4) is 0 Å². The number of methoxy groups -OCH3 is 1. The fourth-order valence-corrected chi connectivity index (χ4v) is 3.15. The minimum atomic E-state index is -0.128. The summed E-state index contributed by atoms with van der Waals surface area (Å²) in [6.45, 7) is 2.39. The van der Waals surface area contributed by atoms with Gasteiger partial charge in [0, 0.05) is 24.8 Å². The summed E-state index contributed by atoms with van der Waals surface area (Å²) >= 11 is 0. The molecule has 6 nitrogen and oxygen atoms in total. The van der Waals surface area contributed by atoms with E-state index in [9.17, 15) is 9.59 Å². The van der Waals surface area contributed by atoms with Crippen molar-refractivity contribution in [2.24, 2.45) is 0 Å². The molecule has 0 atom stereocenters. The maximum atomic E-state index is 12.3. The number of ether oxygens (including phenoxy) is 1. The summed E-state index contributed by atoms with van der Waals surface area (Å²) in [6, 6.07) is 19.3. The van der Waals surface area contributed by atoms with Crippen LogP contribution in [0.2, 0.25) is 0 Å². The predicted molar refractivity (Wildman–Crippen MR) is 116 cm³/mol. The van der Waals surface area contributed by atoms with Crippen molar-refractivity contribution in [2.45, 2.75) is 13.5 Å². The lowest BCUT2D eigenvalue weighted by Crippen LogP contribution is -2.29. The summed E-state index contributed by atoms with van der Waals surface area (Å²) in [5.74, 6) is 0.616. The minimum Gasteiger partial charge on any atom is -0.497 e. The SMILES string of the molecule is COc1ccc2cc(CN(C)CC(=O)Nc3ccc(NC(C)=O)cc3)ccc2c1. The van der Waals surface area contributed by atoms with Gasteiger partial charge in [0.2, 0.25) is 11.8 Å². The average molecular weight is 391 g/mol. The molecule has 2 amide bonds. The van der Waals surface area contributed by atoms with E-state index in [2.05, 4.69) is 28.8 Å². The Kier molecular flexibility index (Phi) is 6.46. The zero-order valence-corrected chi connectivity index (χ0v) is 16.9. The lowest BCUT2D eigenvalue weighted by atomic mass is 10.1. The highest BCUT2D eigenvalue weighted by Crippen LogP contribution is 2.22. The zero-order chi connectivity index (χ0) is 20.8. The van der Waals surface area contributed by atoms with Crippen molar-refractivity contribution in [2.75, 3.05) is 31.3 Å². The van der Waals surface area contributed by atoms with Crippen molar-refractivity contribution in [1.29, 1.82) is 0 Å². The van der Waals surface area contributed by atoms with Gasteiger partial charge < -0.3 is 15.4 Å². The quantitative estimate of drug-likeness (QED) is 0.641. The Bertz CT molecular complexity index is 1020. The van der Waals surface area contributed by atoms with Gasteiger partial charge in [0.25, 0.3) is 0 Å². The average Bonchev–Trinajstić information content (AvgIpc) is 2.68. The van der Waals surface area contributed by atoms with Gasteiger partial charge in [-0.05, 0) is 65.8 Å². The molecule has 0 unspecified atom stereocenters. The first-order valence-electron chi connectivity index (χ1n) is 9.35. The van der Waals surface area contributed by atoms with Crippen molar-refractivity contribution in [3.8, 4) is 5.75 Å². The summed E-state index contributed by atoms with van der Waals surface area (Å²) in [7, 11) is 3.57. The van der Waals surface area contributed by atoms with Crippen LogP contribution in [-0.4, -0.2) is 37.4 Å². The molecule has 0 saturated heterocycles. The third kappa shape index (κ3) is 5.80. The number of nitrogens with zero attached hydrogens (tertiary/aromatic N) is 1. The number of anilines is 2. The fourth-order valence-electron chi connectivity index (χ4n) is 3.15. The summed E-state index contributed by atoms with van der Waals surface area (Å²) in [4.78, 5) is 25.3. The number of carbonyl (C=O) groups is 2. The normalized spacial score (nSPS) is 10.8. The van der Waals surface area contributed by atoms with Crippen molar-refractivity contribution in [1.82, 2.24) is 4.90 Å². The first-order valence-corrected chi connectivity index (χ1v) is 9.35. The van der Waals surface area contributed by atoms with Crippen LogP contribution in [0.1, 0.15) is 12.5 Å². The Morgan fingerprint density at radius 1 is 0.897 bits per heavy atom. The molecular formula is C23H25N3O3. The number of fused-ring (bicyclic) bond motifs is 1. The summed E-state index contributed by atoms with van der Waals surface area (Å²) in [5, 5.41) is 7.83. The van der Waals surface area contributed by atoms with Crippen molar-refractivity contribution in [3.05, 3.63) is 66.2 Å². The molecule has 0 aliphatic heterocycles. The van der Waals surface area contributed by atoms with Gasteiger partial charge in [0.15, 0.2) is 0 Å². The summed E-state index contributed by atoms with van der Waals surface area (Å²) < 4.78 is 5.26. The van der Waals surface area contributed by atoms with E-state index >= 15 is 0 Å². The van der Waals surface area contributed by atoms with Gasteiger partial charge in [-0.1, -0.05) is 18.2 Å². The Morgan fingerprint density at radius 3 is 2.17 bits per heavy atom. The maximum absolute atomic E-state index is 12.3. The van der Waals surface area contributed by atoms with Crippen LogP contribution in [-0.2, 0) is 16.1 Å². The Hall–Kier alpha value is -3.38. The van der Waals surface area contributed by atoms with E-state index < -0.39 is 0 Å². The molecule has 0 saturated carbocycles. The molecule has 0 bridgehead atoms. The molecule has 150 valence electrons. The third-order valence-corrected chi connectivity index (χ3v) is 4.47. The number of rotatable bonds is 7. The van der Waals surface area contributed by atoms with Gasteiger partial charge in [-0.15, -0.1) is 0 Å². The fraction of sp³-hybridized carbons (Fsp3) is 0.217. The van der Waals surface area contributed by atoms with Crippen LogP contribution in [0.25, 0.3) is 10.8 Å². The highest BCUT2D eigenvalue weighted by Gasteiger charge is 2.09. The monoisotopic (exact) mass is 391 g/mol. The van der Waals surface area contributed by atoms with Crippen molar-refractivity contribution in [3.63, 3.8) is 0 Å². The second-order valence-corrected chi connectivity index (χ2v) is 7.03. The van der Waals surface area contributed by atoms with Gasteiger partial charge >= 0.3 is 0 Å². The highest BCUT2D eigenvalue weighted by molar-refractivity contribution is 5.93. The molecule has 0 heterocycles. The summed E-state index contributed by atoms with van der Waals surface area (Å²) in [6.07, 6.45) is 0. The minimum absolute atomic E-state index is 0.0923. The molecule has 0 radical (unpaired) electrons. The lowest BCUT2D eigenvalue weighted by molar-refractivity contribution is -0.117. The molecule has 3 rings (SSSR count). The first-order chi connectivity index (χ1) is 13.9. The smallest absolute Gasteiger partial charge is 0.238 e. The van der Waals surface area contributed by atoms with E-state index in [0.29, 0.717) is 17.9 Å². The molecule has 2 N–H and O–H groups in total. The van der Waals surface area contributed by atoms with E-state index in [0.717, 1.165) is 22.1 Å². The molecule has 6 heteroatoms. The van der Waals surface area contributed by atoms with E-state index in [1.807, 2.05) is 30.1 Å². The van der Waals surface area contributed by atoms with Crippen LogP contribution < -0.4 is 15.4 Å². The number of hydrogen-bond donors (Lipinski definition) is 2. The number of benzene rings is 3. The molecule has 0 aliphatic carbocycles. The number of nitrogens with one attached hydrogen (secondary N) is 2. The van der Waals surface area contributed by atoms with Crippen LogP contribution in [0.4, 0.5) is 11.4 Å². The van der Waals surface area contributed by atoms with Crippen molar-refractivity contribution < 1.29 is 14.3 Å². The second-order valence-electron chi connectivity index (χ2n) is 7.03. The number of likely N-dealkylation sites (N-methyl/N-ethyl adjacent to an activating group) is 1. The van der Waals surface area contributed by atoms with Gasteiger partial charge in [-0.3, -0.25) is 14.5 Å². The largest absolute Gasteiger partial charge is 0.497 e. The first kappa shape index (κ1) is 20.4. The van der Waals surface area contributed by atoms with Crippen molar-refractivity contribution >= 4 is 34.0 Å². The molecular weight excluding hydrogens is 366 g/mol. The predicted octanol–water partition coefficient (Wildman–Crippen LogP) is 3.88. The van der Waals surface area contributed by atoms with Crippen LogP contribution in [0, 0.1) is 0 Å². The van der Waals surface area contributed by atoms with E-state index in [1.54, 1.807) is 31.4 Å². The Morgan fingerprint density at radius 2 is 1.52 bits per heavy atom. The lowest BCUT2D eigenvalue weighted by Gasteiger charge is -2.17. The Labute approximate surface area is 170 Å². The molecule has 0 fully saturated rings. The second kappa shape index (κ2) is 9.21. The molecule has 3 aromatic rings. The van der Waals surface area contributed by atoms with Gasteiger partial charge in [0.1, 0.15) is 5.75 Å². The topological polar surface area (TPSA) is 70.7 Å². The third-order valence-electron chi connectivity index (χ3n) is 4.47. The summed E-state index contributed by atoms with van der Waals surface area (Å²) in [5.41, 5.74) is 2.52. The van der Waals surface area contributed by atoms with E-state index in [1.165, 1.54) is 6.92 Å². The Balaban J connectivity index is 1.55. The van der Waals surface area contributed by atoms with Gasteiger partial charge in [-0.2, -0.15) is 0 Å². The molecule has 0 aromatic heterocycles. The molecule has 0 spiro atoms. The van der Waals surface area contributed by atoms with Gasteiger partial charge in [-0.25, -0.2) is 0 Å². The number of carbonyl (C=O) groups excluding carboxylic acids is 2. The van der Waals surface area contributed by atoms with Crippen LogP contribution >= 0.6 is 0 Å². The highest BCUT2D eigenvalue weighted by atomic mass is 16.5. The number of amides is 2. The van der Waals surface area contributed by atoms with E-state index in [4.69, 9.17) is 4.74 Å². The van der Waals surface area contributed by atoms with Crippen LogP contribution in [0.15, 0.2) is 60.7 Å². The van der Waals surface area contributed by atoms with E-state index in [-0.39, 0.29) is 18.4 Å². The van der Waals surface area contributed by atoms with Crippen LogP contribution in [0.5, 0.6) is 5.75 Å². The standard InChI is InChI=1S/C23H25N3O3/c1-16(27)24-20-7-9-21(10-8-20)25-23(28)15-26(2)14-17-4-5-19-13-22(29-3)11-6-18(19)12-17/h4-13H,14-15H2,1-3H3,(H,24,27)(H,25,28). The maximum Gasteiger partial charge on any atom is 0.238 e. The molecule has 3 aromatic carbocycles. The zero-order valence-electron chi connectivity index (χ0n) is 16.9. The molecule has 29 heavy (non-hydrogen) atoms. The van der Waals surface area contributed by atoms with Gasteiger partial charge in [0.05, 0.1) is 13.7 Å².